The first-order valence-corrected chi connectivity index (χ1v) is 8.87. The number of likely N-dealkylation sites (N-methyl/N-ethyl adjacent to an activating group) is 3. The Morgan fingerprint density at radius 2 is 0.864 bits per heavy atom. The Labute approximate surface area is 148 Å². The highest BCUT2D eigenvalue weighted by molar-refractivity contribution is 7.81. The summed E-state index contributed by atoms with van der Waals surface area (Å²) in [6.07, 6.45) is 0. The van der Waals surface area contributed by atoms with Crippen molar-refractivity contribution in [1.82, 2.24) is 29.1 Å². The molecule has 0 saturated carbocycles. The largest absolute Gasteiger partial charge is 0.487 e. The fourth-order valence-corrected chi connectivity index (χ4v) is 4.41. The van der Waals surface area contributed by atoms with Crippen LogP contribution >= 0.6 is 36.7 Å². The molecule has 10 heteroatoms. The average Bonchev–Trinajstić information content (AvgIpc) is 3.10. The minimum atomic E-state index is -1.04. The fraction of sp³-hybridized carbons (Fsp3) is 0.750. The lowest BCUT2D eigenvalue weighted by Gasteiger charge is -2.51. The van der Waals surface area contributed by atoms with Gasteiger partial charge in [-0.3, -0.25) is 0 Å². The average molecular weight is 357 g/mol. The van der Waals surface area contributed by atoms with Gasteiger partial charge in [0, 0.05) is 60.4 Å². The van der Waals surface area contributed by atoms with Gasteiger partial charge >= 0.3 is 0 Å². The highest BCUT2D eigenvalue weighted by Gasteiger charge is 2.38. The summed E-state index contributed by atoms with van der Waals surface area (Å²) in [5.41, 5.74) is 0. The summed E-state index contributed by atoms with van der Waals surface area (Å²) < 4.78 is 0. The lowest BCUT2D eigenvalue weighted by atomic mass is 9.84. The number of thiocarbonyl (C=S) groups is 3. The van der Waals surface area contributed by atoms with Crippen LogP contribution in [0, 0.1) is 0 Å². The van der Waals surface area contributed by atoms with E-state index < -0.39 is 7.12 Å². The van der Waals surface area contributed by atoms with E-state index in [0.717, 1.165) is 54.6 Å². The molecule has 0 aromatic rings. The van der Waals surface area contributed by atoms with Gasteiger partial charge < -0.3 is 29.1 Å². The summed E-state index contributed by atoms with van der Waals surface area (Å²) in [5, 5.41) is 2.74. The van der Waals surface area contributed by atoms with Crippen LogP contribution < -0.4 is 0 Å². The molecule has 0 radical (unpaired) electrons. The summed E-state index contributed by atoms with van der Waals surface area (Å²) in [6, 6.07) is 0. The molecule has 0 amide bonds. The zero-order valence-electron chi connectivity index (χ0n) is 13.4. The highest BCUT2D eigenvalue weighted by Crippen LogP contribution is 2.22. The van der Waals surface area contributed by atoms with E-state index >= 15 is 0 Å². The van der Waals surface area contributed by atoms with Crippen LogP contribution in [0.5, 0.6) is 0 Å². The van der Waals surface area contributed by atoms with E-state index in [-0.39, 0.29) is 0 Å². The smallest absolute Gasteiger partial charge is 0.271 e. The van der Waals surface area contributed by atoms with Gasteiger partial charge in [0.2, 0.25) is 0 Å². The lowest BCUT2D eigenvalue weighted by Crippen LogP contribution is -2.65. The first-order chi connectivity index (χ1) is 10.4. The maximum atomic E-state index is 5.65. The predicted octanol–water partition coefficient (Wildman–Crippen LogP) is -0.699. The second kappa shape index (κ2) is 5.97. The number of hydrogen-bond donors (Lipinski definition) is 0. The third-order valence-corrected chi connectivity index (χ3v) is 6.64. The van der Waals surface area contributed by atoms with E-state index in [4.69, 9.17) is 36.7 Å². The Morgan fingerprint density at radius 1 is 0.591 bits per heavy atom. The molecule has 0 N–H and O–H groups in total. The Bertz CT molecular complexity index is 446. The van der Waals surface area contributed by atoms with E-state index in [1.165, 1.54) is 0 Å². The zero-order valence-corrected chi connectivity index (χ0v) is 15.8. The molecule has 3 fully saturated rings. The fourth-order valence-electron chi connectivity index (χ4n) is 3.52. The van der Waals surface area contributed by atoms with Gasteiger partial charge in [-0.25, -0.2) is 0 Å². The normalized spacial score (nSPS) is 23.2. The molecule has 3 aliphatic rings. The second-order valence-electron chi connectivity index (χ2n) is 6.33. The van der Waals surface area contributed by atoms with Gasteiger partial charge in [-0.1, -0.05) is 0 Å². The Kier molecular flexibility index (Phi) is 4.35. The van der Waals surface area contributed by atoms with Crippen molar-refractivity contribution in [3.63, 3.8) is 0 Å². The number of hydrogen-bond acceptors (Lipinski definition) is 3. The maximum Gasteiger partial charge on any atom is 0.271 e. The van der Waals surface area contributed by atoms with Crippen LogP contribution in [0.2, 0.25) is 0 Å². The van der Waals surface area contributed by atoms with Crippen molar-refractivity contribution in [3.8, 4) is 0 Å². The monoisotopic (exact) mass is 357 g/mol. The van der Waals surface area contributed by atoms with E-state index in [9.17, 15) is 0 Å². The minimum absolute atomic E-state index is 0.912. The summed E-state index contributed by atoms with van der Waals surface area (Å²) in [6.45, 7) is 5.74. The summed E-state index contributed by atoms with van der Waals surface area (Å²) in [7, 11) is 5.13. The molecule has 6 nitrogen and oxygen atoms in total. The molecule has 122 valence electrons. The molecule has 22 heavy (non-hydrogen) atoms. The van der Waals surface area contributed by atoms with Crippen LogP contribution in [0.3, 0.4) is 0 Å². The summed E-state index contributed by atoms with van der Waals surface area (Å²) in [5.74, 6) is 0. The van der Waals surface area contributed by atoms with Gasteiger partial charge in [-0.05, 0) is 36.7 Å². The molecule has 3 rings (SSSR count). The van der Waals surface area contributed by atoms with Gasteiger partial charge in [0.25, 0.3) is 7.12 Å². The minimum Gasteiger partial charge on any atom is -0.487 e. The van der Waals surface area contributed by atoms with Crippen LogP contribution in [0.4, 0.5) is 0 Å². The van der Waals surface area contributed by atoms with Crippen molar-refractivity contribution in [2.24, 2.45) is 0 Å². The van der Waals surface area contributed by atoms with Crippen LogP contribution in [0.15, 0.2) is 0 Å². The Morgan fingerprint density at radius 3 is 1.05 bits per heavy atom. The van der Waals surface area contributed by atoms with E-state index in [1.807, 2.05) is 0 Å². The van der Waals surface area contributed by atoms with Gasteiger partial charge in [-0.2, -0.15) is 0 Å². The topological polar surface area (TPSA) is 19.4 Å². The van der Waals surface area contributed by atoms with Gasteiger partial charge in [0.05, 0.1) is 0 Å². The molecule has 3 heterocycles. The van der Waals surface area contributed by atoms with Crippen molar-refractivity contribution in [3.05, 3.63) is 0 Å². The molecule has 0 spiro atoms. The molecule has 0 aliphatic carbocycles. The molecular weight excluding hydrogens is 335 g/mol. The van der Waals surface area contributed by atoms with Crippen molar-refractivity contribution in [2.45, 2.75) is 0 Å². The standard InChI is InChI=1S/C12H22BN6S3/c1-14-4-7-17(10(14)20)13(18-8-5-15(2)11(18)21)19-9-6-16(3)12(19)22/h13H,4-9H2,1-3H3/q-1. The number of rotatable bonds is 3. The van der Waals surface area contributed by atoms with E-state index in [2.05, 4.69) is 50.3 Å². The van der Waals surface area contributed by atoms with E-state index in [1.54, 1.807) is 0 Å². The van der Waals surface area contributed by atoms with Crippen molar-refractivity contribution in [1.29, 1.82) is 0 Å². The first-order valence-electron chi connectivity index (χ1n) is 7.64. The van der Waals surface area contributed by atoms with Crippen LogP contribution in [-0.4, -0.2) is 112 Å². The van der Waals surface area contributed by atoms with Gasteiger partial charge in [0.1, 0.15) is 15.3 Å². The van der Waals surface area contributed by atoms with Crippen molar-refractivity contribution >= 4 is 59.1 Å². The predicted molar refractivity (Wildman–Crippen MR) is 103 cm³/mol. The SMILES string of the molecule is CN1CCN([BH-](N2CCN(C)C2=S)N2CCN(C)C2=S)C1=S. The molecule has 0 unspecified atom stereocenters. The maximum absolute atomic E-state index is 5.65. The molecule has 0 aromatic heterocycles. The van der Waals surface area contributed by atoms with E-state index in [0.29, 0.717) is 0 Å². The highest BCUT2D eigenvalue weighted by atomic mass is 32.1. The number of nitrogens with zero attached hydrogens (tertiary/aromatic N) is 6. The van der Waals surface area contributed by atoms with Crippen LogP contribution in [-0.2, 0) is 0 Å². The van der Waals surface area contributed by atoms with Gasteiger partial charge in [0.15, 0.2) is 0 Å². The molecule has 3 aliphatic heterocycles. The Hall–Kier alpha value is -0.865. The molecule has 0 aromatic carbocycles. The molecule has 0 atom stereocenters. The molecular formula is C12H22BN6S3-. The van der Waals surface area contributed by atoms with Crippen molar-refractivity contribution in [2.75, 3.05) is 60.4 Å². The van der Waals surface area contributed by atoms with Crippen LogP contribution in [0.1, 0.15) is 0 Å². The van der Waals surface area contributed by atoms with Crippen molar-refractivity contribution < 1.29 is 0 Å². The third kappa shape index (κ3) is 2.50. The lowest BCUT2D eigenvalue weighted by molar-refractivity contribution is 0.493. The molecule has 0 bridgehead atoms. The quantitative estimate of drug-likeness (QED) is 0.478. The third-order valence-electron chi connectivity index (χ3n) is 4.93. The zero-order chi connectivity index (χ0) is 16.0. The molecule has 3 saturated heterocycles. The first kappa shape index (κ1) is 16.0. The van der Waals surface area contributed by atoms with Crippen LogP contribution in [0.25, 0.3) is 0 Å². The summed E-state index contributed by atoms with van der Waals surface area (Å²) in [4.78, 5) is 13.4. The second-order valence-corrected chi connectivity index (χ2v) is 7.42. The summed E-state index contributed by atoms with van der Waals surface area (Å²) >= 11 is 17.0. The van der Waals surface area contributed by atoms with Gasteiger partial charge in [-0.15, -0.1) is 0 Å². The Balaban J connectivity index is 1.91.